The first-order chi connectivity index (χ1) is 7.71. The van der Waals surface area contributed by atoms with E-state index in [1.54, 1.807) is 19.1 Å². The summed E-state index contributed by atoms with van der Waals surface area (Å²) in [7, 11) is 0. The fourth-order valence-electron chi connectivity index (χ4n) is 1.72. The Balaban J connectivity index is 3.14. The number of hydrogen-bond acceptors (Lipinski definition) is 2. The minimum Gasteiger partial charge on any atom is -0.479 e. The van der Waals surface area contributed by atoms with Gasteiger partial charge in [0.2, 0.25) is 0 Å². The van der Waals surface area contributed by atoms with Crippen LogP contribution in [0.2, 0.25) is 0 Å². The highest BCUT2D eigenvalue weighted by Crippen LogP contribution is 2.28. The number of carboxylic acids is 1. The molecule has 1 atom stereocenters. The highest BCUT2D eigenvalue weighted by atomic mass is 16.4. The summed E-state index contributed by atoms with van der Waals surface area (Å²) in [4.78, 5) is 11.1. The summed E-state index contributed by atoms with van der Waals surface area (Å²) in [5, 5.41) is 19.1. The second-order valence-electron chi connectivity index (χ2n) is 5.35. The quantitative estimate of drug-likeness (QED) is 0.848. The zero-order valence-corrected chi connectivity index (χ0v) is 10.8. The highest BCUT2D eigenvalue weighted by Gasteiger charge is 2.36. The Morgan fingerprint density at radius 2 is 1.53 bits per heavy atom. The lowest BCUT2D eigenvalue weighted by Gasteiger charge is -2.24. The van der Waals surface area contributed by atoms with Crippen LogP contribution in [0.15, 0.2) is 24.3 Å². The fraction of sp³-hybridized carbons (Fsp3) is 0.500. The van der Waals surface area contributed by atoms with E-state index in [1.165, 1.54) is 0 Å². The molecule has 0 heterocycles. The van der Waals surface area contributed by atoms with Crippen molar-refractivity contribution in [1.29, 1.82) is 0 Å². The van der Waals surface area contributed by atoms with Gasteiger partial charge in [-0.05, 0) is 23.0 Å². The maximum absolute atomic E-state index is 11.1. The normalized spacial score (nSPS) is 15.4. The molecular formula is C14H20O3. The van der Waals surface area contributed by atoms with E-state index < -0.39 is 11.6 Å². The minimum absolute atomic E-state index is 0.0199. The van der Waals surface area contributed by atoms with Gasteiger partial charge in [0.1, 0.15) is 0 Å². The number of aliphatic carboxylic acids is 1. The average molecular weight is 236 g/mol. The summed E-state index contributed by atoms with van der Waals surface area (Å²) < 4.78 is 0. The number of rotatable bonds is 3. The van der Waals surface area contributed by atoms with E-state index in [0.717, 1.165) is 5.56 Å². The molecule has 0 amide bonds. The zero-order valence-electron chi connectivity index (χ0n) is 10.8. The maximum Gasteiger partial charge on any atom is 0.340 e. The number of benzene rings is 1. The molecule has 0 bridgehead atoms. The van der Waals surface area contributed by atoms with E-state index in [9.17, 15) is 9.90 Å². The molecule has 0 aromatic heterocycles. The monoisotopic (exact) mass is 236 g/mol. The summed E-state index contributed by atoms with van der Waals surface area (Å²) in [5.74, 6) is -1.21. The van der Waals surface area contributed by atoms with Crippen molar-refractivity contribution >= 4 is 5.97 Å². The molecule has 0 saturated carbocycles. The summed E-state index contributed by atoms with van der Waals surface area (Å²) >= 11 is 0. The highest BCUT2D eigenvalue weighted by molar-refractivity contribution is 5.79. The van der Waals surface area contributed by atoms with Crippen LogP contribution in [0.5, 0.6) is 0 Å². The third-order valence-electron chi connectivity index (χ3n) is 3.09. The van der Waals surface area contributed by atoms with Crippen molar-refractivity contribution in [1.82, 2.24) is 0 Å². The van der Waals surface area contributed by atoms with E-state index in [0.29, 0.717) is 5.56 Å². The maximum atomic E-state index is 11.1. The lowest BCUT2D eigenvalue weighted by molar-refractivity contribution is -0.160. The molecule has 0 fully saturated rings. The van der Waals surface area contributed by atoms with Gasteiger partial charge in [-0.1, -0.05) is 52.0 Å². The van der Waals surface area contributed by atoms with Crippen molar-refractivity contribution in [2.75, 3.05) is 0 Å². The Bertz CT molecular complexity index is 400. The third-order valence-corrected chi connectivity index (χ3v) is 3.09. The van der Waals surface area contributed by atoms with Gasteiger partial charge < -0.3 is 10.2 Å². The van der Waals surface area contributed by atoms with Gasteiger partial charge in [-0.3, -0.25) is 0 Å². The van der Waals surface area contributed by atoms with Crippen LogP contribution in [0.1, 0.15) is 45.2 Å². The lowest BCUT2D eigenvalue weighted by atomic mass is 9.84. The second kappa shape index (κ2) is 4.49. The molecule has 1 aromatic carbocycles. The van der Waals surface area contributed by atoms with Gasteiger partial charge in [0.25, 0.3) is 0 Å². The van der Waals surface area contributed by atoms with Gasteiger partial charge in [-0.25, -0.2) is 4.79 Å². The van der Waals surface area contributed by atoms with Crippen LogP contribution in [-0.4, -0.2) is 16.2 Å². The molecule has 3 heteroatoms. The average Bonchev–Trinajstić information content (AvgIpc) is 2.26. The van der Waals surface area contributed by atoms with Crippen molar-refractivity contribution < 1.29 is 15.0 Å². The van der Waals surface area contributed by atoms with Gasteiger partial charge in [0.05, 0.1) is 0 Å². The summed E-state index contributed by atoms with van der Waals surface area (Å²) in [6.07, 6.45) is 0.150. The first kappa shape index (κ1) is 13.7. The smallest absolute Gasteiger partial charge is 0.340 e. The standard InChI is InChI=1S/C14H20O3/c1-5-14(17,12(15)16)11-8-6-10(7-9-11)13(2,3)4/h6-9,17H,5H2,1-4H3,(H,15,16). The first-order valence-electron chi connectivity index (χ1n) is 5.78. The van der Waals surface area contributed by atoms with Crippen molar-refractivity contribution in [3.8, 4) is 0 Å². The lowest BCUT2D eigenvalue weighted by Crippen LogP contribution is -2.34. The topological polar surface area (TPSA) is 57.5 Å². The molecule has 94 valence electrons. The predicted molar refractivity (Wildman–Crippen MR) is 67.0 cm³/mol. The van der Waals surface area contributed by atoms with Crippen LogP contribution >= 0.6 is 0 Å². The molecule has 0 radical (unpaired) electrons. The van der Waals surface area contributed by atoms with Crippen molar-refractivity contribution in [2.24, 2.45) is 0 Å². The molecule has 0 spiro atoms. The number of aliphatic hydroxyl groups is 1. The van der Waals surface area contributed by atoms with E-state index in [2.05, 4.69) is 20.8 Å². The van der Waals surface area contributed by atoms with E-state index in [1.807, 2.05) is 12.1 Å². The number of carboxylic acid groups (broad SMARTS) is 1. The predicted octanol–water partition coefficient (Wildman–Crippen LogP) is 2.67. The van der Waals surface area contributed by atoms with Crippen molar-refractivity contribution in [3.63, 3.8) is 0 Å². The van der Waals surface area contributed by atoms with Crippen molar-refractivity contribution in [3.05, 3.63) is 35.4 Å². The molecule has 0 saturated heterocycles. The second-order valence-corrected chi connectivity index (χ2v) is 5.35. The molecule has 0 aliphatic rings. The molecule has 3 nitrogen and oxygen atoms in total. The van der Waals surface area contributed by atoms with Crippen molar-refractivity contribution in [2.45, 2.75) is 45.1 Å². The summed E-state index contributed by atoms with van der Waals surface area (Å²) in [6, 6.07) is 7.13. The molecule has 1 rings (SSSR count). The molecule has 1 aromatic rings. The van der Waals surface area contributed by atoms with Crippen LogP contribution in [0.4, 0.5) is 0 Å². The zero-order chi connectivity index (χ0) is 13.3. The Hall–Kier alpha value is -1.35. The summed E-state index contributed by atoms with van der Waals surface area (Å²) in [6.45, 7) is 7.92. The van der Waals surface area contributed by atoms with Gasteiger partial charge in [-0.15, -0.1) is 0 Å². The van der Waals surface area contributed by atoms with Crippen LogP contribution in [0.3, 0.4) is 0 Å². The van der Waals surface area contributed by atoms with E-state index >= 15 is 0 Å². The van der Waals surface area contributed by atoms with Gasteiger partial charge in [0, 0.05) is 0 Å². The molecular weight excluding hydrogens is 216 g/mol. The Morgan fingerprint density at radius 1 is 1.12 bits per heavy atom. The van der Waals surface area contributed by atoms with Gasteiger partial charge >= 0.3 is 5.97 Å². The number of hydrogen-bond donors (Lipinski definition) is 2. The van der Waals surface area contributed by atoms with Crippen LogP contribution in [0.25, 0.3) is 0 Å². The first-order valence-corrected chi connectivity index (χ1v) is 5.78. The van der Waals surface area contributed by atoms with E-state index in [4.69, 9.17) is 5.11 Å². The fourth-order valence-corrected chi connectivity index (χ4v) is 1.72. The Labute approximate surface area is 102 Å². The number of carbonyl (C=O) groups is 1. The molecule has 17 heavy (non-hydrogen) atoms. The minimum atomic E-state index is -1.78. The SMILES string of the molecule is CCC(O)(C(=O)O)c1ccc(C(C)(C)C)cc1. The Morgan fingerprint density at radius 3 is 1.82 bits per heavy atom. The van der Waals surface area contributed by atoms with Crippen LogP contribution in [0, 0.1) is 0 Å². The molecule has 0 aliphatic carbocycles. The molecule has 2 N–H and O–H groups in total. The Kier molecular flexibility index (Phi) is 3.62. The van der Waals surface area contributed by atoms with Crippen LogP contribution in [-0.2, 0) is 15.8 Å². The van der Waals surface area contributed by atoms with Gasteiger partial charge in [-0.2, -0.15) is 0 Å². The summed E-state index contributed by atoms with van der Waals surface area (Å²) in [5.41, 5.74) is -0.215. The van der Waals surface area contributed by atoms with E-state index in [-0.39, 0.29) is 11.8 Å². The molecule has 1 unspecified atom stereocenters. The van der Waals surface area contributed by atoms with Crippen LogP contribution < -0.4 is 0 Å². The third kappa shape index (κ3) is 2.67. The molecule has 0 aliphatic heterocycles. The van der Waals surface area contributed by atoms with Gasteiger partial charge in [0.15, 0.2) is 5.60 Å². The largest absolute Gasteiger partial charge is 0.479 e.